The van der Waals surface area contributed by atoms with Gasteiger partial charge in [0, 0.05) is 32.4 Å². The van der Waals surface area contributed by atoms with Gasteiger partial charge in [-0.15, -0.1) is 0 Å². The second-order valence-corrected chi connectivity index (χ2v) is 4.25. The van der Waals surface area contributed by atoms with Crippen LogP contribution in [0.1, 0.15) is 17.5 Å². The average molecular weight is 220 g/mol. The Morgan fingerprint density at radius 2 is 2.31 bits per heavy atom. The molecular weight excluding hydrogens is 200 g/mol. The molecule has 0 aromatic heterocycles. The Balaban J connectivity index is 2.18. The topological polar surface area (TPSA) is 38.5 Å². The van der Waals surface area contributed by atoms with Crippen molar-refractivity contribution in [1.82, 2.24) is 0 Å². The first-order valence-electron chi connectivity index (χ1n) is 5.91. The van der Waals surface area contributed by atoms with E-state index < -0.39 is 0 Å². The second-order valence-electron chi connectivity index (χ2n) is 4.25. The molecule has 0 saturated heterocycles. The van der Waals surface area contributed by atoms with Crippen LogP contribution < -0.4 is 10.6 Å². The molecule has 1 heterocycles. The van der Waals surface area contributed by atoms with Crippen LogP contribution in [0.5, 0.6) is 0 Å². The van der Waals surface area contributed by atoms with E-state index in [9.17, 15) is 0 Å². The molecule has 1 aromatic rings. The van der Waals surface area contributed by atoms with Gasteiger partial charge >= 0.3 is 0 Å². The Morgan fingerprint density at radius 1 is 1.44 bits per heavy atom. The van der Waals surface area contributed by atoms with Crippen LogP contribution in [-0.4, -0.2) is 26.8 Å². The van der Waals surface area contributed by atoms with Crippen LogP contribution in [0.15, 0.2) is 18.2 Å². The third-order valence-electron chi connectivity index (χ3n) is 3.16. The SMILES string of the molecule is COCCN1CCCc2cc(CN)ccc21. The minimum atomic E-state index is 0.630. The number of methoxy groups -OCH3 is 1. The quantitative estimate of drug-likeness (QED) is 0.836. The molecule has 1 aliphatic heterocycles. The highest BCUT2D eigenvalue weighted by Crippen LogP contribution is 2.27. The van der Waals surface area contributed by atoms with Crippen LogP contribution in [0.25, 0.3) is 0 Å². The number of nitrogens with two attached hydrogens (primary N) is 1. The minimum absolute atomic E-state index is 0.630. The van der Waals surface area contributed by atoms with Gasteiger partial charge in [-0.1, -0.05) is 12.1 Å². The smallest absolute Gasteiger partial charge is 0.0637 e. The molecule has 0 amide bonds. The fourth-order valence-electron chi connectivity index (χ4n) is 2.29. The van der Waals surface area contributed by atoms with E-state index in [0.717, 1.165) is 19.7 Å². The number of aryl methyl sites for hydroxylation is 1. The molecule has 0 atom stereocenters. The average Bonchev–Trinajstić information content (AvgIpc) is 2.35. The molecule has 2 N–H and O–H groups in total. The Labute approximate surface area is 97.2 Å². The summed E-state index contributed by atoms with van der Waals surface area (Å²) in [6.45, 7) is 3.53. The Morgan fingerprint density at radius 3 is 3.06 bits per heavy atom. The molecule has 88 valence electrons. The molecule has 2 rings (SSSR count). The number of fused-ring (bicyclic) bond motifs is 1. The van der Waals surface area contributed by atoms with Gasteiger partial charge in [-0.3, -0.25) is 0 Å². The van der Waals surface area contributed by atoms with Crippen molar-refractivity contribution < 1.29 is 4.74 Å². The molecule has 1 aromatic carbocycles. The number of benzene rings is 1. The Hall–Kier alpha value is -1.06. The number of hydrogen-bond donors (Lipinski definition) is 1. The molecular formula is C13H20N2O. The Bertz CT molecular complexity index is 352. The van der Waals surface area contributed by atoms with Gasteiger partial charge in [-0.2, -0.15) is 0 Å². The lowest BCUT2D eigenvalue weighted by molar-refractivity contribution is 0.205. The molecule has 1 aliphatic rings. The molecule has 0 saturated carbocycles. The summed E-state index contributed by atoms with van der Waals surface area (Å²) in [6.07, 6.45) is 2.40. The highest BCUT2D eigenvalue weighted by atomic mass is 16.5. The predicted molar refractivity (Wildman–Crippen MR) is 66.7 cm³/mol. The first-order chi connectivity index (χ1) is 7.85. The summed E-state index contributed by atoms with van der Waals surface area (Å²) in [5.74, 6) is 0. The van der Waals surface area contributed by atoms with Crippen LogP contribution in [0.2, 0.25) is 0 Å². The van der Waals surface area contributed by atoms with Gasteiger partial charge in [-0.05, 0) is 30.0 Å². The number of ether oxygens (including phenoxy) is 1. The minimum Gasteiger partial charge on any atom is -0.383 e. The second kappa shape index (κ2) is 5.32. The van der Waals surface area contributed by atoms with Crippen molar-refractivity contribution in [2.24, 2.45) is 5.73 Å². The summed E-state index contributed by atoms with van der Waals surface area (Å²) in [6, 6.07) is 6.57. The third-order valence-corrected chi connectivity index (χ3v) is 3.16. The van der Waals surface area contributed by atoms with Crippen LogP contribution in [-0.2, 0) is 17.7 Å². The van der Waals surface area contributed by atoms with E-state index in [1.165, 1.54) is 29.7 Å². The normalized spacial score (nSPS) is 15.0. The zero-order valence-electron chi connectivity index (χ0n) is 9.91. The molecule has 0 spiro atoms. The zero-order valence-corrected chi connectivity index (χ0v) is 9.91. The maximum Gasteiger partial charge on any atom is 0.0637 e. The van der Waals surface area contributed by atoms with E-state index in [-0.39, 0.29) is 0 Å². The fraction of sp³-hybridized carbons (Fsp3) is 0.538. The monoisotopic (exact) mass is 220 g/mol. The van der Waals surface area contributed by atoms with Crippen molar-refractivity contribution in [3.8, 4) is 0 Å². The van der Waals surface area contributed by atoms with Crippen LogP contribution >= 0.6 is 0 Å². The molecule has 0 unspecified atom stereocenters. The van der Waals surface area contributed by atoms with Crippen molar-refractivity contribution in [2.75, 3.05) is 31.7 Å². The lowest BCUT2D eigenvalue weighted by Gasteiger charge is -2.31. The summed E-state index contributed by atoms with van der Waals surface area (Å²) in [7, 11) is 1.75. The van der Waals surface area contributed by atoms with Gasteiger partial charge in [0.25, 0.3) is 0 Å². The standard InChI is InChI=1S/C13H20N2O/c1-16-8-7-15-6-2-3-12-9-11(10-14)4-5-13(12)15/h4-5,9H,2-3,6-8,10,14H2,1H3. The van der Waals surface area contributed by atoms with Crippen LogP contribution in [0.3, 0.4) is 0 Å². The van der Waals surface area contributed by atoms with Crippen LogP contribution in [0, 0.1) is 0 Å². The molecule has 0 bridgehead atoms. The van der Waals surface area contributed by atoms with E-state index in [4.69, 9.17) is 10.5 Å². The van der Waals surface area contributed by atoms with E-state index in [1.54, 1.807) is 7.11 Å². The van der Waals surface area contributed by atoms with Gasteiger partial charge in [0.2, 0.25) is 0 Å². The van der Waals surface area contributed by atoms with Crippen molar-refractivity contribution in [3.63, 3.8) is 0 Å². The van der Waals surface area contributed by atoms with Gasteiger partial charge in [0.05, 0.1) is 6.61 Å². The van der Waals surface area contributed by atoms with E-state index in [1.807, 2.05) is 0 Å². The summed E-state index contributed by atoms with van der Waals surface area (Å²) in [5.41, 5.74) is 9.69. The van der Waals surface area contributed by atoms with Crippen molar-refractivity contribution in [3.05, 3.63) is 29.3 Å². The van der Waals surface area contributed by atoms with E-state index in [2.05, 4.69) is 23.1 Å². The maximum atomic E-state index is 5.66. The van der Waals surface area contributed by atoms with Gasteiger partial charge < -0.3 is 15.4 Å². The summed E-state index contributed by atoms with van der Waals surface area (Å²) < 4.78 is 5.14. The molecule has 0 aliphatic carbocycles. The van der Waals surface area contributed by atoms with E-state index >= 15 is 0 Å². The summed E-state index contributed by atoms with van der Waals surface area (Å²) in [5, 5.41) is 0. The summed E-state index contributed by atoms with van der Waals surface area (Å²) >= 11 is 0. The third kappa shape index (κ3) is 2.36. The van der Waals surface area contributed by atoms with Gasteiger partial charge in [0.1, 0.15) is 0 Å². The lowest BCUT2D eigenvalue weighted by atomic mass is 9.99. The van der Waals surface area contributed by atoms with Crippen molar-refractivity contribution in [2.45, 2.75) is 19.4 Å². The van der Waals surface area contributed by atoms with E-state index in [0.29, 0.717) is 6.54 Å². The Kier molecular flexibility index (Phi) is 3.80. The first-order valence-corrected chi connectivity index (χ1v) is 5.91. The number of hydrogen-bond acceptors (Lipinski definition) is 3. The van der Waals surface area contributed by atoms with Gasteiger partial charge in [-0.25, -0.2) is 0 Å². The number of rotatable bonds is 4. The highest BCUT2D eigenvalue weighted by Gasteiger charge is 2.16. The highest BCUT2D eigenvalue weighted by molar-refractivity contribution is 5.56. The summed E-state index contributed by atoms with van der Waals surface area (Å²) in [4.78, 5) is 2.41. The predicted octanol–water partition coefficient (Wildman–Crippen LogP) is 1.54. The first kappa shape index (κ1) is 11.4. The fourth-order valence-corrected chi connectivity index (χ4v) is 2.29. The number of nitrogens with zero attached hydrogens (tertiary/aromatic N) is 1. The van der Waals surface area contributed by atoms with Gasteiger partial charge in [0.15, 0.2) is 0 Å². The molecule has 0 radical (unpaired) electrons. The molecule has 16 heavy (non-hydrogen) atoms. The number of anilines is 1. The zero-order chi connectivity index (χ0) is 11.4. The van der Waals surface area contributed by atoms with Crippen LogP contribution in [0.4, 0.5) is 5.69 Å². The molecule has 3 heteroatoms. The lowest BCUT2D eigenvalue weighted by Crippen LogP contribution is -2.32. The van der Waals surface area contributed by atoms with Crippen molar-refractivity contribution >= 4 is 5.69 Å². The van der Waals surface area contributed by atoms with Crippen molar-refractivity contribution in [1.29, 1.82) is 0 Å². The largest absolute Gasteiger partial charge is 0.383 e. The molecule has 0 fully saturated rings. The molecule has 3 nitrogen and oxygen atoms in total. The maximum absolute atomic E-state index is 5.66.